The highest BCUT2D eigenvalue weighted by Gasteiger charge is 2.06. The molecule has 0 spiro atoms. The van der Waals surface area contributed by atoms with Crippen molar-refractivity contribution in [2.75, 3.05) is 7.11 Å². The number of halogens is 2. The highest BCUT2D eigenvalue weighted by atomic mass is 127. The van der Waals surface area contributed by atoms with Gasteiger partial charge in [0.05, 0.1) is 23.3 Å². The number of amides is 1. The van der Waals surface area contributed by atoms with Gasteiger partial charge in [-0.1, -0.05) is 28.1 Å². The molecule has 2 aromatic rings. The number of carbonyl (C=O) groups is 1. The minimum atomic E-state index is -0.240. The molecule has 23 heavy (non-hydrogen) atoms. The molecule has 0 saturated heterocycles. The van der Waals surface area contributed by atoms with Gasteiger partial charge in [0.1, 0.15) is 11.5 Å². The minimum absolute atomic E-state index is 0.127. The number of rotatable bonds is 5. The SMILES string of the molecule is COc1ccc(CC(=O)N/N=C/c2cc(Br)cc(I)c2O)cc1. The van der Waals surface area contributed by atoms with Crippen molar-refractivity contribution < 1.29 is 14.6 Å². The molecule has 0 fully saturated rings. The van der Waals surface area contributed by atoms with Crippen LogP contribution in [-0.4, -0.2) is 24.3 Å². The van der Waals surface area contributed by atoms with E-state index in [2.05, 4.69) is 26.5 Å². The molecule has 0 unspecified atom stereocenters. The lowest BCUT2D eigenvalue weighted by Gasteiger charge is -2.04. The fraction of sp³-hybridized carbons (Fsp3) is 0.125. The average molecular weight is 489 g/mol. The van der Waals surface area contributed by atoms with Crippen molar-refractivity contribution in [3.05, 3.63) is 55.6 Å². The fourth-order valence-electron chi connectivity index (χ4n) is 1.83. The van der Waals surface area contributed by atoms with Gasteiger partial charge in [0.2, 0.25) is 5.91 Å². The first-order valence-corrected chi connectivity index (χ1v) is 8.49. The van der Waals surface area contributed by atoms with Gasteiger partial charge in [-0.15, -0.1) is 0 Å². The first-order chi connectivity index (χ1) is 11.0. The number of hydrogen-bond acceptors (Lipinski definition) is 4. The molecule has 0 aliphatic carbocycles. The number of carbonyl (C=O) groups excluding carboxylic acids is 1. The van der Waals surface area contributed by atoms with Crippen LogP contribution in [0.3, 0.4) is 0 Å². The second-order valence-corrected chi connectivity index (χ2v) is 6.72. The van der Waals surface area contributed by atoms with E-state index in [4.69, 9.17) is 4.74 Å². The molecular formula is C16H14BrIN2O3. The van der Waals surface area contributed by atoms with Crippen molar-refractivity contribution in [2.24, 2.45) is 5.10 Å². The number of hydrogen-bond donors (Lipinski definition) is 2. The van der Waals surface area contributed by atoms with Crippen LogP contribution in [-0.2, 0) is 11.2 Å². The maximum Gasteiger partial charge on any atom is 0.244 e. The smallest absolute Gasteiger partial charge is 0.244 e. The van der Waals surface area contributed by atoms with Crippen molar-refractivity contribution >= 4 is 50.6 Å². The first-order valence-electron chi connectivity index (χ1n) is 6.62. The third-order valence-corrected chi connectivity index (χ3v) is 4.25. The van der Waals surface area contributed by atoms with Crippen molar-refractivity contribution in [2.45, 2.75) is 6.42 Å². The highest BCUT2D eigenvalue weighted by Crippen LogP contribution is 2.27. The van der Waals surface area contributed by atoms with E-state index in [0.29, 0.717) is 9.13 Å². The van der Waals surface area contributed by atoms with Crippen LogP contribution in [0.2, 0.25) is 0 Å². The zero-order valence-corrected chi connectivity index (χ0v) is 16.0. The van der Waals surface area contributed by atoms with E-state index in [1.807, 2.05) is 34.7 Å². The maximum atomic E-state index is 11.8. The van der Waals surface area contributed by atoms with E-state index < -0.39 is 0 Å². The first kappa shape index (κ1) is 17.7. The lowest BCUT2D eigenvalue weighted by Crippen LogP contribution is -2.19. The Bertz CT molecular complexity index is 733. The predicted octanol–water partition coefficient (Wildman–Crippen LogP) is 3.46. The summed E-state index contributed by atoms with van der Waals surface area (Å²) in [6, 6.07) is 10.8. The van der Waals surface area contributed by atoms with Crippen LogP contribution in [0.25, 0.3) is 0 Å². The molecule has 2 aromatic carbocycles. The average Bonchev–Trinajstić information content (AvgIpc) is 2.52. The fourth-order valence-corrected chi connectivity index (χ4v) is 3.38. The molecule has 0 aliphatic rings. The number of phenolic OH excluding ortho intramolecular Hbond substituents is 1. The van der Waals surface area contributed by atoms with Gasteiger partial charge in [-0.3, -0.25) is 4.79 Å². The zero-order chi connectivity index (χ0) is 16.8. The molecular weight excluding hydrogens is 475 g/mol. The zero-order valence-electron chi connectivity index (χ0n) is 12.2. The molecule has 7 heteroatoms. The molecule has 1 amide bonds. The summed E-state index contributed by atoms with van der Waals surface area (Å²) in [6.07, 6.45) is 1.62. The molecule has 0 bridgehead atoms. The number of methoxy groups -OCH3 is 1. The molecule has 0 radical (unpaired) electrons. The Kier molecular flexibility index (Phi) is 6.40. The van der Waals surface area contributed by atoms with Gasteiger partial charge < -0.3 is 9.84 Å². The van der Waals surface area contributed by atoms with Crippen LogP contribution in [0.5, 0.6) is 11.5 Å². The largest absolute Gasteiger partial charge is 0.506 e. The third kappa shape index (κ3) is 5.21. The Morgan fingerprint density at radius 1 is 1.39 bits per heavy atom. The van der Waals surface area contributed by atoms with Crippen LogP contribution in [0, 0.1) is 3.57 Å². The summed E-state index contributed by atoms with van der Waals surface area (Å²) >= 11 is 5.37. The number of benzene rings is 2. The maximum absolute atomic E-state index is 11.8. The van der Waals surface area contributed by atoms with Crippen molar-refractivity contribution in [1.29, 1.82) is 0 Å². The minimum Gasteiger partial charge on any atom is -0.506 e. The van der Waals surface area contributed by atoms with Gasteiger partial charge in [-0.2, -0.15) is 5.10 Å². The summed E-state index contributed by atoms with van der Waals surface area (Å²) in [7, 11) is 1.59. The van der Waals surface area contributed by atoms with E-state index in [0.717, 1.165) is 15.8 Å². The van der Waals surface area contributed by atoms with E-state index in [9.17, 15) is 9.90 Å². The Hall–Kier alpha value is -1.61. The van der Waals surface area contributed by atoms with Crippen LogP contribution in [0.4, 0.5) is 0 Å². The number of ether oxygens (including phenoxy) is 1. The molecule has 0 atom stereocenters. The molecule has 0 aromatic heterocycles. The van der Waals surface area contributed by atoms with Crippen molar-refractivity contribution in [1.82, 2.24) is 5.43 Å². The standard InChI is InChI=1S/C16H14BrIN2O3/c1-23-13-4-2-10(3-5-13)6-15(21)20-19-9-11-7-12(17)8-14(18)16(11)22/h2-5,7-9,22H,6H2,1H3,(H,20,21)/b19-9+. The van der Waals surface area contributed by atoms with E-state index in [-0.39, 0.29) is 18.1 Å². The molecule has 0 heterocycles. The predicted molar refractivity (Wildman–Crippen MR) is 101 cm³/mol. The van der Waals surface area contributed by atoms with Crippen molar-refractivity contribution in [3.63, 3.8) is 0 Å². The monoisotopic (exact) mass is 488 g/mol. The van der Waals surface area contributed by atoms with Gasteiger partial charge in [0.25, 0.3) is 0 Å². The number of nitrogens with zero attached hydrogens (tertiary/aromatic N) is 1. The van der Waals surface area contributed by atoms with Crippen LogP contribution in [0.1, 0.15) is 11.1 Å². The second kappa shape index (κ2) is 8.30. The quantitative estimate of drug-likeness (QED) is 0.384. The summed E-state index contributed by atoms with van der Waals surface area (Å²) in [5, 5.41) is 13.8. The second-order valence-electron chi connectivity index (χ2n) is 4.64. The van der Waals surface area contributed by atoms with Gasteiger partial charge in [0, 0.05) is 10.0 Å². The van der Waals surface area contributed by atoms with Crippen LogP contribution < -0.4 is 10.2 Å². The van der Waals surface area contributed by atoms with E-state index >= 15 is 0 Å². The molecule has 2 rings (SSSR count). The molecule has 120 valence electrons. The van der Waals surface area contributed by atoms with Gasteiger partial charge in [-0.05, 0) is 52.4 Å². The third-order valence-electron chi connectivity index (χ3n) is 2.97. The number of nitrogens with one attached hydrogen (secondary N) is 1. The molecule has 0 aliphatic heterocycles. The van der Waals surface area contributed by atoms with Gasteiger partial charge >= 0.3 is 0 Å². The number of hydrazone groups is 1. The Labute approximate surface area is 156 Å². The summed E-state index contributed by atoms with van der Waals surface area (Å²) in [4.78, 5) is 11.8. The number of aromatic hydroxyl groups is 1. The summed E-state index contributed by atoms with van der Waals surface area (Å²) < 4.78 is 6.59. The summed E-state index contributed by atoms with van der Waals surface area (Å²) in [6.45, 7) is 0. The van der Waals surface area contributed by atoms with E-state index in [1.165, 1.54) is 6.21 Å². The van der Waals surface area contributed by atoms with Crippen LogP contribution >= 0.6 is 38.5 Å². The molecule has 5 nitrogen and oxygen atoms in total. The lowest BCUT2D eigenvalue weighted by atomic mass is 10.1. The topological polar surface area (TPSA) is 70.9 Å². The van der Waals surface area contributed by atoms with Crippen molar-refractivity contribution in [3.8, 4) is 11.5 Å². The Balaban J connectivity index is 1.96. The van der Waals surface area contributed by atoms with Crippen LogP contribution in [0.15, 0.2) is 46.0 Å². The van der Waals surface area contributed by atoms with Gasteiger partial charge in [-0.25, -0.2) is 5.43 Å². The summed E-state index contributed by atoms with van der Waals surface area (Å²) in [5.41, 5.74) is 3.83. The molecule has 0 saturated carbocycles. The molecule has 2 N–H and O–H groups in total. The Morgan fingerprint density at radius 3 is 2.74 bits per heavy atom. The number of phenols is 1. The van der Waals surface area contributed by atoms with Gasteiger partial charge in [0.15, 0.2) is 0 Å². The Morgan fingerprint density at radius 2 is 2.09 bits per heavy atom. The van der Waals surface area contributed by atoms with E-state index in [1.54, 1.807) is 31.4 Å². The normalized spacial score (nSPS) is 10.7. The lowest BCUT2D eigenvalue weighted by molar-refractivity contribution is -0.120. The highest BCUT2D eigenvalue weighted by molar-refractivity contribution is 14.1. The summed E-state index contributed by atoms with van der Waals surface area (Å²) in [5.74, 6) is 0.629.